The third-order valence-electron chi connectivity index (χ3n) is 4.25. The summed E-state index contributed by atoms with van der Waals surface area (Å²) in [6.07, 6.45) is 4.43. The van der Waals surface area contributed by atoms with Crippen LogP contribution in [0.1, 0.15) is 41.1 Å². The van der Waals surface area contributed by atoms with E-state index in [1.165, 1.54) is 28.0 Å². The van der Waals surface area contributed by atoms with Crippen molar-refractivity contribution in [2.75, 3.05) is 17.7 Å². The number of amides is 1. The Morgan fingerprint density at radius 3 is 3.00 bits per heavy atom. The van der Waals surface area contributed by atoms with E-state index in [2.05, 4.69) is 22.4 Å². The molecule has 0 spiro atoms. The van der Waals surface area contributed by atoms with Crippen molar-refractivity contribution in [2.45, 2.75) is 38.3 Å². The van der Waals surface area contributed by atoms with E-state index >= 15 is 0 Å². The summed E-state index contributed by atoms with van der Waals surface area (Å²) in [5.41, 5.74) is 1.58. The van der Waals surface area contributed by atoms with Crippen molar-refractivity contribution in [1.82, 2.24) is 14.8 Å². The number of rotatable bonds is 6. The fourth-order valence-electron chi connectivity index (χ4n) is 2.95. The van der Waals surface area contributed by atoms with Gasteiger partial charge in [0.15, 0.2) is 5.16 Å². The Balaban J connectivity index is 1.76. The lowest BCUT2D eigenvalue weighted by Crippen LogP contribution is -2.18. The molecule has 7 nitrogen and oxygen atoms in total. The molecule has 1 aliphatic carbocycles. The van der Waals surface area contributed by atoms with Crippen molar-refractivity contribution in [1.29, 1.82) is 0 Å². The molecular weight excluding hydrogens is 372 g/mol. The second kappa shape index (κ2) is 8.22. The Kier molecular flexibility index (Phi) is 5.98. The zero-order chi connectivity index (χ0) is 18.7. The summed E-state index contributed by atoms with van der Waals surface area (Å²) in [4.78, 5) is 26.0. The highest BCUT2D eigenvalue weighted by Crippen LogP contribution is 2.40. The maximum absolute atomic E-state index is 12.5. The smallest absolute Gasteiger partial charge is 0.341 e. The number of esters is 1. The SMILES string of the molecule is CCOC(=O)c1c(NC(=O)CSc2nncn2C)sc2c1CC[C@H](C)C2. The van der Waals surface area contributed by atoms with E-state index in [-0.39, 0.29) is 17.6 Å². The Labute approximate surface area is 160 Å². The number of nitrogens with one attached hydrogen (secondary N) is 1. The largest absolute Gasteiger partial charge is 0.462 e. The normalized spacial score (nSPS) is 16.2. The van der Waals surface area contributed by atoms with Crippen LogP contribution in [0, 0.1) is 5.92 Å². The van der Waals surface area contributed by atoms with Crippen molar-refractivity contribution >= 4 is 40.0 Å². The van der Waals surface area contributed by atoms with Crippen molar-refractivity contribution in [3.63, 3.8) is 0 Å². The first-order valence-corrected chi connectivity index (χ1v) is 10.4. The molecule has 0 fully saturated rings. The first-order valence-electron chi connectivity index (χ1n) is 8.57. The van der Waals surface area contributed by atoms with Crippen molar-refractivity contribution < 1.29 is 14.3 Å². The minimum atomic E-state index is -0.351. The molecule has 0 bridgehead atoms. The Hall–Kier alpha value is -1.87. The maximum atomic E-state index is 12.5. The molecule has 9 heteroatoms. The first kappa shape index (κ1) is 18.9. The van der Waals surface area contributed by atoms with Crippen molar-refractivity contribution in [2.24, 2.45) is 13.0 Å². The summed E-state index contributed by atoms with van der Waals surface area (Å²) in [6, 6.07) is 0. The van der Waals surface area contributed by atoms with Crippen LogP contribution in [0.2, 0.25) is 0 Å². The molecule has 1 N–H and O–H groups in total. The molecule has 3 rings (SSSR count). The molecule has 1 amide bonds. The van der Waals surface area contributed by atoms with E-state index in [0.29, 0.717) is 28.2 Å². The van der Waals surface area contributed by atoms with Gasteiger partial charge in [-0.3, -0.25) is 4.79 Å². The number of carbonyl (C=O) groups excluding carboxylic acids is 2. The summed E-state index contributed by atoms with van der Waals surface area (Å²) >= 11 is 2.81. The first-order chi connectivity index (χ1) is 12.5. The zero-order valence-electron chi connectivity index (χ0n) is 15.1. The van der Waals surface area contributed by atoms with Gasteiger partial charge in [-0.25, -0.2) is 4.79 Å². The number of aryl methyl sites for hydroxylation is 1. The van der Waals surface area contributed by atoms with Gasteiger partial charge in [0, 0.05) is 11.9 Å². The van der Waals surface area contributed by atoms with Crippen LogP contribution in [0.4, 0.5) is 5.00 Å². The Morgan fingerprint density at radius 1 is 1.50 bits per heavy atom. The lowest BCUT2D eigenvalue weighted by molar-refractivity contribution is -0.113. The number of thioether (sulfide) groups is 1. The highest BCUT2D eigenvalue weighted by Gasteiger charge is 2.29. The monoisotopic (exact) mass is 394 g/mol. The molecule has 2 aromatic heterocycles. The summed E-state index contributed by atoms with van der Waals surface area (Å²) in [6.45, 7) is 4.31. The molecule has 0 saturated heterocycles. The van der Waals surface area contributed by atoms with Gasteiger partial charge in [-0.05, 0) is 37.7 Å². The molecule has 0 unspecified atom stereocenters. The average Bonchev–Trinajstić information content (AvgIpc) is 3.15. The molecule has 0 aromatic carbocycles. The Bertz CT molecular complexity index is 815. The molecule has 2 aromatic rings. The number of thiophene rings is 1. The molecule has 0 aliphatic heterocycles. The molecule has 140 valence electrons. The van der Waals surface area contributed by atoms with Gasteiger partial charge in [-0.15, -0.1) is 21.5 Å². The number of aromatic nitrogens is 3. The fourth-order valence-corrected chi connectivity index (χ4v) is 5.06. The van der Waals surface area contributed by atoms with Gasteiger partial charge in [0.2, 0.25) is 5.91 Å². The van der Waals surface area contributed by atoms with Crippen LogP contribution in [0.25, 0.3) is 0 Å². The number of ether oxygens (including phenoxy) is 1. The fraction of sp³-hybridized carbons (Fsp3) is 0.529. The quantitative estimate of drug-likeness (QED) is 0.599. The summed E-state index contributed by atoms with van der Waals surface area (Å²) in [5.74, 6) is 0.269. The van der Waals surface area contributed by atoms with E-state index in [0.717, 1.165) is 24.8 Å². The maximum Gasteiger partial charge on any atom is 0.341 e. The van der Waals surface area contributed by atoms with Crippen molar-refractivity contribution in [3.8, 4) is 0 Å². The third-order valence-corrected chi connectivity index (χ3v) is 6.45. The van der Waals surface area contributed by atoms with Gasteiger partial charge in [0.1, 0.15) is 11.3 Å². The van der Waals surface area contributed by atoms with E-state index in [4.69, 9.17) is 4.74 Å². The molecule has 26 heavy (non-hydrogen) atoms. The van der Waals surface area contributed by atoms with Crippen LogP contribution in [0.15, 0.2) is 11.5 Å². The van der Waals surface area contributed by atoms with Gasteiger partial charge in [-0.2, -0.15) is 0 Å². The summed E-state index contributed by atoms with van der Waals surface area (Å²) < 4.78 is 6.98. The van der Waals surface area contributed by atoms with Crippen LogP contribution >= 0.6 is 23.1 Å². The topological polar surface area (TPSA) is 86.1 Å². The minimum Gasteiger partial charge on any atom is -0.462 e. The standard InChI is InChI=1S/C17H22N4O3S2/c1-4-24-16(23)14-11-6-5-10(2)7-12(11)26-15(14)19-13(22)8-25-17-20-18-9-21(17)3/h9-10H,4-8H2,1-3H3,(H,19,22)/t10-/m0/s1. The van der Waals surface area contributed by atoms with Gasteiger partial charge in [-0.1, -0.05) is 18.7 Å². The van der Waals surface area contributed by atoms with Gasteiger partial charge in [0.25, 0.3) is 0 Å². The van der Waals surface area contributed by atoms with Crippen LogP contribution in [0.3, 0.4) is 0 Å². The summed E-state index contributed by atoms with van der Waals surface area (Å²) in [7, 11) is 1.83. The van der Waals surface area contributed by atoms with E-state index in [9.17, 15) is 9.59 Å². The lowest BCUT2D eigenvalue weighted by Gasteiger charge is -2.18. The summed E-state index contributed by atoms with van der Waals surface area (Å²) in [5, 5.41) is 11.9. The second-order valence-corrected chi connectivity index (χ2v) is 8.39. The molecule has 0 saturated carbocycles. The van der Waals surface area contributed by atoms with E-state index in [1.54, 1.807) is 17.8 Å². The second-order valence-electron chi connectivity index (χ2n) is 6.34. The van der Waals surface area contributed by atoms with Crippen LogP contribution < -0.4 is 5.32 Å². The number of nitrogens with zero attached hydrogens (tertiary/aromatic N) is 3. The molecule has 1 aliphatic rings. The van der Waals surface area contributed by atoms with E-state index in [1.807, 2.05) is 7.05 Å². The van der Waals surface area contributed by atoms with Gasteiger partial charge in [0.05, 0.1) is 17.9 Å². The van der Waals surface area contributed by atoms with E-state index < -0.39 is 0 Å². The average molecular weight is 395 g/mol. The molecule has 1 atom stereocenters. The highest BCUT2D eigenvalue weighted by atomic mass is 32.2. The number of carbonyl (C=O) groups is 2. The predicted octanol–water partition coefficient (Wildman–Crippen LogP) is 2.91. The molecule has 2 heterocycles. The third kappa shape index (κ3) is 4.09. The highest BCUT2D eigenvalue weighted by molar-refractivity contribution is 7.99. The minimum absolute atomic E-state index is 0.171. The van der Waals surface area contributed by atoms with Gasteiger partial charge < -0.3 is 14.6 Å². The van der Waals surface area contributed by atoms with Gasteiger partial charge >= 0.3 is 5.97 Å². The number of anilines is 1. The van der Waals surface area contributed by atoms with Crippen molar-refractivity contribution in [3.05, 3.63) is 22.3 Å². The van der Waals surface area contributed by atoms with Crippen LogP contribution in [-0.2, 0) is 29.4 Å². The molecule has 0 radical (unpaired) electrons. The number of fused-ring (bicyclic) bond motifs is 1. The lowest BCUT2D eigenvalue weighted by atomic mass is 9.88. The number of hydrogen-bond donors (Lipinski definition) is 1. The molecular formula is C17H22N4O3S2. The van der Waals surface area contributed by atoms with Crippen LogP contribution in [0.5, 0.6) is 0 Å². The zero-order valence-corrected chi connectivity index (χ0v) is 16.7. The predicted molar refractivity (Wildman–Crippen MR) is 102 cm³/mol. The van der Waals surface area contributed by atoms with Crippen LogP contribution in [-0.4, -0.2) is 39.0 Å². The number of hydrogen-bond acceptors (Lipinski definition) is 7. The Morgan fingerprint density at radius 2 is 2.31 bits per heavy atom.